The van der Waals surface area contributed by atoms with Crippen LogP contribution < -0.4 is 4.74 Å². The second-order valence-electron chi connectivity index (χ2n) is 3.74. The molecule has 2 aromatic heterocycles. The van der Waals surface area contributed by atoms with Gasteiger partial charge in [0, 0.05) is 16.6 Å². The first kappa shape index (κ1) is 12.1. The Kier molecular flexibility index (Phi) is 4.12. The van der Waals surface area contributed by atoms with Crippen LogP contribution in [0.4, 0.5) is 0 Å². The van der Waals surface area contributed by atoms with E-state index >= 15 is 0 Å². The van der Waals surface area contributed by atoms with Gasteiger partial charge in [-0.05, 0) is 36.4 Å². The van der Waals surface area contributed by atoms with Gasteiger partial charge in [-0.1, -0.05) is 6.07 Å². The van der Waals surface area contributed by atoms with Crippen LogP contribution in [0.2, 0.25) is 0 Å². The van der Waals surface area contributed by atoms with Crippen LogP contribution in [-0.4, -0.2) is 17.2 Å². The number of pyridine rings is 1. The van der Waals surface area contributed by atoms with Crippen molar-refractivity contribution in [3.8, 4) is 5.88 Å². The fraction of sp³-hybridized carbons (Fsp3) is 0.308. The molecule has 0 aromatic carbocycles. The first-order valence-electron chi connectivity index (χ1n) is 5.50. The highest BCUT2D eigenvalue weighted by molar-refractivity contribution is 7.09. The molecule has 0 aliphatic heterocycles. The molecule has 1 N–H and O–H groups in total. The molecule has 0 aliphatic carbocycles. The first-order valence-corrected chi connectivity index (χ1v) is 6.38. The summed E-state index contributed by atoms with van der Waals surface area (Å²) in [6.07, 6.45) is 2.69. The topological polar surface area (TPSA) is 42.4 Å². The Morgan fingerprint density at radius 1 is 1.41 bits per heavy atom. The number of thiophene rings is 1. The molecule has 2 rings (SSSR count). The van der Waals surface area contributed by atoms with Crippen molar-refractivity contribution in [1.82, 2.24) is 4.98 Å². The minimum absolute atomic E-state index is 0.506. The van der Waals surface area contributed by atoms with E-state index in [1.807, 2.05) is 23.6 Å². The molecule has 0 amide bonds. The summed E-state index contributed by atoms with van der Waals surface area (Å²) in [5, 5.41) is 12.2. The molecule has 2 aromatic rings. The van der Waals surface area contributed by atoms with Crippen LogP contribution in [0.25, 0.3) is 0 Å². The van der Waals surface area contributed by atoms with Crippen LogP contribution in [0.5, 0.6) is 5.88 Å². The standard InChI is InChI=1S/C13H15NO2S/c1-16-13-11(5-2-8-14-13)12(15)7-6-10-4-3-9-17-10/h2-5,8-9,12,15H,6-7H2,1H3. The number of hydrogen-bond donors (Lipinski definition) is 1. The number of rotatable bonds is 5. The van der Waals surface area contributed by atoms with E-state index in [9.17, 15) is 5.11 Å². The monoisotopic (exact) mass is 249 g/mol. The molecule has 0 fully saturated rings. The first-order chi connectivity index (χ1) is 8.31. The summed E-state index contributed by atoms with van der Waals surface area (Å²) in [6.45, 7) is 0. The number of nitrogens with zero attached hydrogens (tertiary/aromatic N) is 1. The molecule has 90 valence electrons. The van der Waals surface area contributed by atoms with E-state index in [0.29, 0.717) is 12.3 Å². The number of ether oxygens (including phenoxy) is 1. The van der Waals surface area contributed by atoms with Crippen molar-refractivity contribution in [2.45, 2.75) is 18.9 Å². The molecule has 1 atom stereocenters. The van der Waals surface area contributed by atoms with Crippen LogP contribution in [0, 0.1) is 0 Å². The van der Waals surface area contributed by atoms with Gasteiger partial charge in [0.15, 0.2) is 0 Å². The zero-order valence-electron chi connectivity index (χ0n) is 9.67. The Hall–Kier alpha value is -1.39. The maximum Gasteiger partial charge on any atom is 0.218 e. The van der Waals surface area contributed by atoms with E-state index < -0.39 is 6.10 Å². The van der Waals surface area contributed by atoms with Crippen molar-refractivity contribution in [1.29, 1.82) is 0 Å². The largest absolute Gasteiger partial charge is 0.481 e. The molecule has 0 aliphatic rings. The third-order valence-corrected chi connectivity index (χ3v) is 3.53. The SMILES string of the molecule is COc1ncccc1C(O)CCc1cccs1. The van der Waals surface area contributed by atoms with E-state index in [1.54, 1.807) is 24.6 Å². The van der Waals surface area contributed by atoms with E-state index in [0.717, 1.165) is 12.0 Å². The number of methoxy groups -OCH3 is 1. The van der Waals surface area contributed by atoms with Gasteiger partial charge in [-0.2, -0.15) is 0 Å². The Morgan fingerprint density at radius 3 is 3.00 bits per heavy atom. The predicted molar refractivity (Wildman–Crippen MR) is 68.4 cm³/mol. The van der Waals surface area contributed by atoms with Gasteiger partial charge in [0.25, 0.3) is 0 Å². The van der Waals surface area contributed by atoms with Crippen molar-refractivity contribution in [2.24, 2.45) is 0 Å². The van der Waals surface area contributed by atoms with E-state index in [4.69, 9.17) is 4.74 Å². The number of hydrogen-bond acceptors (Lipinski definition) is 4. The number of aromatic nitrogens is 1. The second kappa shape index (κ2) is 5.80. The van der Waals surface area contributed by atoms with Crippen LogP contribution >= 0.6 is 11.3 Å². The molecule has 0 saturated heterocycles. The Labute approximate surface area is 105 Å². The smallest absolute Gasteiger partial charge is 0.218 e. The third kappa shape index (κ3) is 3.05. The maximum atomic E-state index is 10.1. The lowest BCUT2D eigenvalue weighted by Gasteiger charge is -2.12. The minimum Gasteiger partial charge on any atom is -0.481 e. The summed E-state index contributed by atoms with van der Waals surface area (Å²) in [5.41, 5.74) is 0.756. The van der Waals surface area contributed by atoms with Gasteiger partial charge in [-0.3, -0.25) is 0 Å². The lowest BCUT2D eigenvalue weighted by molar-refractivity contribution is 0.163. The summed E-state index contributed by atoms with van der Waals surface area (Å²) < 4.78 is 5.13. The number of aliphatic hydroxyl groups excluding tert-OH is 1. The molecule has 0 saturated carbocycles. The number of aliphatic hydroxyl groups is 1. The molecule has 2 heterocycles. The summed E-state index contributed by atoms with van der Waals surface area (Å²) in [7, 11) is 1.57. The van der Waals surface area contributed by atoms with Crippen molar-refractivity contribution >= 4 is 11.3 Å². The van der Waals surface area contributed by atoms with Crippen LogP contribution in [0.3, 0.4) is 0 Å². The average molecular weight is 249 g/mol. The second-order valence-corrected chi connectivity index (χ2v) is 4.77. The minimum atomic E-state index is -0.527. The van der Waals surface area contributed by atoms with E-state index in [1.165, 1.54) is 4.88 Å². The van der Waals surface area contributed by atoms with Crippen molar-refractivity contribution in [2.75, 3.05) is 7.11 Å². The van der Waals surface area contributed by atoms with Gasteiger partial charge in [-0.25, -0.2) is 4.98 Å². The Balaban J connectivity index is 2.01. The molecule has 0 bridgehead atoms. The molecular formula is C13H15NO2S. The van der Waals surface area contributed by atoms with Crippen LogP contribution in [-0.2, 0) is 6.42 Å². The zero-order chi connectivity index (χ0) is 12.1. The molecule has 17 heavy (non-hydrogen) atoms. The van der Waals surface area contributed by atoms with Gasteiger partial charge >= 0.3 is 0 Å². The van der Waals surface area contributed by atoms with Crippen LogP contribution in [0.1, 0.15) is 23.0 Å². The summed E-state index contributed by atoms with van der Waals surface area (Å²) in [4.78, 5) is 5.37. The third-order valence-electron chi connectivity index (χ3n) is 2.60. The fourth-order valence-electron chi connectivity index (χ4n) is 1.72. The highest BCUT2D eigenvalue weighted by Gasteiger charge is 2.13. The normalized spacial score (nSPS) is 12.4. The van der Waals surface area contributed by atoms with Gasteiger partial charge in [0.1, 0.15) is 0 Å². The predicted octanol–water partition coefficient (Wildman–Crippen LogP) is 2.82. The molecule has 3 nitrogen and oxygen atoms in total. The summed E-state index contributed by atoms with van der Waals surface area (Å²) in [6, 6.07) is 7.77. The summed E-state index contributed by atoms with van der Waals surface area (Å²) in [5.74, 6) is 0.506. The zero-order valence-corrected chi connectivity index (χ0v) is 10.5. The van der Waals surface area contributed by atoms with E-state index in [2.05, 4.69) is 11.1 Å². The molecule has 0 spiro atoms. The summed E-state index contributed by atoms with van der Waals surface area (Å²) >= 11 is 1.71. The van der Waals surface area contributed by atoms with Crippen molar-refractivity contribution < 1.29 is 9.84 Å². The van der Waals surface area contributed by atoms with Crippen LogP contribution in [0.15, 0.2) is 35.8 Å². The van der Waals surface area contributed by atoms with Gasteiger partial charge in [-0.15, -0.1) is 11.3 Å². The highest BCUT2D eigenvalue weighted by atomic mass is 32.1. The average Bonchev–Trinajstić information content (AvgIpc) is 2.89. The van der Waals surface area contributed by atoms with Crippen molar-refractivity contribution in [3.05, 3.63) is 46.3 Å². The van der Waals surface area contributed by atoms with E-state index in [-0.39, 0.29) is 0 Å². The number of aryl methyl sites for hydroxylation is 1. The Bertz CT molecular complexity index is 456. The van der Waals surface area contributed by atoms with Gasteiger partial charge in [0.05, 0.1) is 13.2 Å². The molecule has 0 radical (unpaired) electrons. The quantitative estimate of drug-likeness (QED) is 0.886. The maximum absolute atomic E-state index is 10.1. The fourth-order valence-corrected chi connectivity index (χ4v) is 2.44. The lowest BCUT2D eigenvalue weighted by Crippen LogP contribution is -2.03. The van der Waals surface area contributed by atoms with Gasteiger partial charge < -0.3 is 9.84 Å². The molecule has 4 heteroatoms. The van der Waals surface area contributed by atoms with Crippen molar-refractivity contribution in [3.63, 3.8) is 0 Å². The molecule has 1 unspecified atom stereocenters. The Morgan fingerprint density at radius 2 is 2.29 bits per heavy atom. The van der Waals surface area contributed by atoms with Gasteiger partial charge in [0.2, 0.25) is 5.88 Å². The highest BCUT2D eigenvalue weighted by Crippen LogP contribution is 2.26. The molecular weight excluding hydrogens is 234 g/mol. The lowest BCUT2D eigenvalue weighted by atomic mass is 10.1.